The van der Waals surface area contributed by atoms with Crippen LogP contribution in [0.15, 0.2) is 0 Å². The Balaban J connectivity index is 4.04. The molecule has 14 heavy (non-hydrogen) atoms. The Bertz CT molecular complexity index is 169. The summed E-state index contributed by atoms with van der Waals surface area (Å²) in [6, 6.07) is -0.311. The molecule has 0 heterocycles. The number of aliphatic hydroxyl groups is 1. The van der Waals surface area contributed by atoms with E-state index < -0.39 is 6.10 Å². The van der Waals surface area contributed by atoms with Crippen LogP contribution < -0.4 is 5.32 Å². The number of carbonyl (C=O) groups excluding carboxylic acids is 1. The van der Waals surface area contributed by atoms with E-state index in [1.807, 2.05) is 13.8 Å². The zero-order valence-corrected chi connectivity index (χ0v) is 9.41. The maximum atomic E-state index is 11.3. The molecule has 0 saturated heterocycles. The van der Waals surface area contributed by atoms with Crippen LogP contribution in [0.3, 0.4) is 0 Å². The maximum absolute atomic E-state index is 11.3. The highest BCUT2D eigenvalue weighted by Gasteiger charge is 2.19. The number of hydrogen-bond donors (Lipinski definition) is 2. The molecular weight excluding hydrogens is 182 g/mol. The van der Waals surface area contributed by atoms with Crippen LogP contribution in [0.2, 0.25) is 0 Å². The lowest BCUT2D eigenvalue weighted by molar-refractivity contribution is -0.143. The monoisotopic (exact) mass is 203 g/mol. The van der Waals surface area contributed by atoms with Gasteiger partial charge in [-0.1, -0.05) is 13.8 Å². The Morgan fingerprint density at radius 2 is 2.00 bits per heavy atom. The number of rotatable bonds is 6. The fourth-order valence-electron chi connectivity index (χ4n) is 1.19. The van der Waals surface area contributed by atoms with Gasteiger partial charge in [0, 0.05) is 6.54 Å². The lowest BCUT2D eigenvalue weighted by Gasteiger charge is -2.18. The Morgan fingerprint density at radius 3 is 2.36 bits per heavy atom. The van der Waals surface area contributed by atoms with Crippen LogP contribution in [0.25, 0.3) is 0 Å². The molecule has 0 amide bonds. The van der Waals surface area contributed by atoms with E-state index in [4.69, 9.17) is 5.11 Å². The molecule has 84 valence electrons. The molecule has 4 nitrogen and oxygen atoms in total. The number of aliphatic hydroxyl groups excluding tert-OH is 1. The first-order valence-corrected chi connectivity index (χ1v) is 4.96. The molecule has 0 saturated carbocycles. The molecule has 0 aromatic carbocycles. The average Bonchev–Trinajstić information content (AvgIpc) is 2.10. The smallest absolute Gasteiger partial charge is 0.322 e. The molecule has 4 heteroatoms. The van der Waals surface area contributed by atoms with Crippen LogP contribution in [0.4, 0.5) is 0 Å². The van der Waals surface area contributed by atoms with Crippen molar-refractivity contribution in [3.8, 4) is 0 Å². The molecule has 0 spiro atoms. The van der Waals surface area contributed by atoms with Gasteiger partial charge in [0.25, 0.3) is 0 Å². The topological polar surface area (TPSA) is 58.6 Å². The van der Waals surface area contributed by atoms with Gasteiger partial charge in [-0.3, -0.25) is 4.79 Å². The normalized spacial score (nSPS) is 15.3. The summed E-state index contributed by atoms with van der Waals surface area (Å²) in [5.41, 5.74) is 0. The van der Waals surface area contributed by atoms with Gasteiger partial charge in [-0.2, -0.15) is 0 Å². The highest BCUT2D eigenvalue weighted by molar-refractivity contribution is 5.75. The van der Waals surface area contributed by atoms with Crippen LogP contribution >= 0.6 is 0 Å². The summed E-state index contributed by atoms with van der Waals surface area (Å²) < 4.78 is 4.66. The SMILES string of the molecule is COC(=O)C(CC(C)C)NC[C@@H](C)O. The first-order chi connectivity index (χ1) is 6.47. The van der Waals surface area contributed by atoms with E-state index in [0.29, 0.717) is 12.5 Å². The van der Waals surface area contributed by atoms with Gasteiger partial charge < -0.3 is 15.2 Å². The first-order valence-electron chi connectivity index (χ1n) is 4.96. The molecule has 0 aromatic heterocycles. The second-order valence-corrected chi connectivity index (χ2v) is 3.96. The minimum atomic E-state index is -0.450. The Morgan fingerprint density at radius 1 is 1.43 bits per heavy atom. The third-order valence-electron chi connectivity index (χ3n) is 1.85. The van der Waals surface area contributed by atoms with Crippen molar-refractivity contribution in [3.63, 3.8) is 0 Å². The van der Waals surface area contributed by atoms with Crippen molar-refractivity contribution >= 4 is 5.97 Å². The molecule has 0 rings (SSSR count). The minimum Gasteiger partial charge on any atom is -0.468 e. The number of nitrogens with one attached hydrogen (secondary N) is 1. The first kappa shape index (κ1) is 13.4. The highest BCUT2D eigenvalue weighted by Crippen LogP contribution is 2.06. The van der Waals surface area contributed by atoms with Crippen molar-refractivity contribution < 1.29 is 14.6 Å². The van der Waals surface area contributed by atoms with Crippen molar-refractivity contribution in [2.24, 2.45) is 5.92 Å². The van der Waals surface area contributed by atoms with Crippen molar-refractivity contribution in [1.82, 2.24) is 5.32 Å². The predicted molar refractivity (Wildman–Crippen MR) is 54.9 cm³/mol. The largest absolute Gasteiger partial charge is 0.468 e. The second kappa shape index (κ2) is 6.79. The van der Waals surface area contributed by atoms with Gasteiger partial charge in [0.05, 0.1) is 13.2 Å². The van der Waals surface area contributed by atoms with E-state index in [1.54, 1.807) is 6.92 Å². The van der Waals surface area contributed by atoms with Gasteiger partial charge in [0.1, 0.15) is 6.04 Å². The van der Waals surface area contributed by atoms with Crippen LogP contribution in [-0.2, 0) is 9.53 Å². The van der Waals surface area contributed by atoms with Gasteiger partial charge in [-0.15, -0.1) is 0 Å². The van der Waals surface area contributed by atoms with E-state index >= 15 is 0 Å². The molecule has 0 aliphatic heterocycles. The van der Waals surface area contributed by atoms with Crippen molar-refractivity contribution in [3.05, 3.63) is 0 Å². The Hall–Kier alpha value is -0.610. The number of methoxy groups -OCH3 is 1. The van der Waals surface area contributed by atoms with Crippen LogP contribution in [0, 0.1) is 5.92 Å². The zero-order valence-electron chi connectivity index (χ0n) is 9.41. The molecular formula is C10H21NO3. The summed E-state index contributed by atoms with van der Waals surface area (Å²) >= 11 is 0. The highest BCUT2D eigenvalue weighted by atomic mass is 16.5. The molecule has 0 bridgehead atoms. The van der Waals surface area contributed by atoms with Gasteiger partial charge >= 0.3 is 5.97 Å². The molecule has 0 fully saturated rings. The van der Waals surface area contributed by atoms with Gasteiger partial charge in [-0.25, -0.2) is 0 Å². The van der Waals surface area contributed by atoms with Crippen LogP contribution in [0.1, 0.15) is 27.2 Å². The van der Waals surface area contributed by atoms with Crippen molar-refractivity contribution in [2.45, 2.75) is 39.3 Å². The van der Waals surface area contributed by atoms with Gasteiger partial charge in [-0.05, 0) is 19.3 Å². The predicted octanol–water partition coefficient (Wildman–Crippen LogP) is 0.544. The fourth-order valence-corrected chi connectivity index (χ4v) is 1.19. The Kier molecular flexibility index (Phi) is 6.49. The quantitative estimate of drug-likeness (QED) is 0.619. The average molecular weight is 203 g/mol. The number of hydrogen-bond acceptors (Lipinski definition) is 4. The zero-order chi connectivity index (χ0) is 11.1. The Labute approximate surface area is 85.6 Å². The van der Waals surface area contributed by atoms with Gasteiger partial charge in [0.15, 0.2) is 0 Å². The fraction of sp³-hybridized carbons (Fsp3) is 0.900. The van der Waals surface area contributed by atoms with E-state index in [1.165, 1.54) is 7.11 Å². The third-order valence-corrected chi connectivity index (χ3v) is 1.85. The van der Waals surface area contributed by atoms with Gasteiger partial charge in [0.2, 0.25) is 0 Å². The summed E-state index contributed by atoms with van der Waals surface area (Å²) in [7, 11) is 1.37. The summed E-state index contributed by atoms with van der Waals surface area (Å²) in [6.07, 6.45) is 0.272. The van der Waals surface area contributed by atoms with E-state index in [0.717, 1.165) is 6.42 Å². The molecule has 0 aromatic rings. The van der Waals surface area contributed by atoms with Crippen molar-refractivity contribution in [1.29, 1.82) is 0 Å². The molecule has 0 radical (unpaired) electrons. The van der Waals surface area contributed by atoms with Crippen molar-refractivity contribution in [2.75, 3.05) is 13.7 Å². The second-order valence-electron chi connectivity index (χ2n) is 3.96. The van der Waals surface area contributed by atoms with E-state index in [2.05, 4.69) is 10.1 Å². The summed E-state index contributed by atoms with van der Waals surface area (Å²) in [4.78, 5) is 11.3. The number of esters is 1. The lowest BCUT2D eigenvalue weighted by atomic mass is 10.0. The number of ether oxygens (including phenoxy) is 1. The standard InChI is InChI=1S/C10H21NO3/c1-7(2)5-9(10(13)14-4)11-6-8(3)12/h7-9,11-12H,5-6H2,1-4H3/t8-,9?/m1/s1. The minimum absolute atomic E-state index is 0.264. The summed E-state index contributed by atoms with van der Waals surface area (Å²) in [5, 5.41) is 12.1. The number of carbonyl (C=O) groups is 1. The molecule has 2 atom stereocenters. The van der Waals surface area contributed by atoms with Crippen LogP contribution in [-0.4, -0.2) is 36.9 Å². The summed E-state index contributed by atoms with van der Waals surface area (Å²) in [5.74, 6) is 0.153. The van der Waals surface area contributed by atoms with E-state index in [-0.39, 0.29) is 12.0 Å². The third kappa shape index (κ3) is 5.94. The molecule has 0 aliphatic rings. The molecule has 2 N–H and O–H groups in total. The maximum Gasteiger partial charge on any atom is 0.322 e. The van der Waals surface area contributed by atoms with Crippen LogP contribution in [0.5, 0.6) is 0 Å². The summed E-state index contributed by atoms with van der Waals surface area (Å²) in [6.45, 7) is 6.17. The van der Waals surface area contributed by atoms with E-state index in [9.17, 15) is 4.79 Å². The molecule has 1 unspecified atom stereocenters. The molecule has 0 aliphatic carbocycles. The lowest BCUT2D eigenvalue weighted by Crippen LogP contribution is -2.41.